The highest BCUT2D eigenvalue weighted by molar-refractivity contribution is 5.89. The van der Waals surface area contributed by atoms with Crippen molar-refractivity contribution < 1.29 is 23.1 Å². The van der Waals surface area contributed by atoms with Gasteiger partial charge in [-0.05, 0) is 34.4 Å². The summed E-state index contributed by atoms with van der Waals surface area (Å²) in [7, 11) is 1.68. The van der Waals surface area contributed by atoms with Crippen LogP contribution in [0.4, 0.5) is 13.2 Å². The molecule has 3 aromatic rings. The van der Waals surface area contributed by atoms with Gasteiger partial charge in [0.05, 0.1) is 12.6 Å². The summed E-state index contributed by atoms with van der Waals surface area (Å²) in [5, 5.41) is 14.9. The highest BCUT2D eigenvalue weighted by atomic mass is 19.4. The van der Waals surface area contributed by atoms with Gasteiger partial charge in [0, 0.05) is 29.9 Å². The number of halogens is 3. The molecule has 1 atom stereocenters. The average Bonchev–Trinajstić information content (AvgIpc) is 3.15. The number of aliphatic hydroxyl groups is 1. The number of hydrogen-bond acceptors (Lipinski definition) is 3. The summed E-state index contributed by atoms with van der Waals surface area (Å²) in [6, 6.07) is 8.72. The van der Waals surface area contributed by atoms with Gasteiger partial charge in [-0.3, -0.25) is 9.48 Å². The van der Waals surface area contributed by atoms with Crippen LogP contribution in [0.25, 0.3) is 22.3 Å². The first-order chi connectivity index (χ1) is 13.1. The van der Waals surface area contributed by atoms with Crippen LogP contribution in [0.2, 0.25) is 0 Å². The molecule has 144 valence electrons. The van der Waals surface area contributed by atoms with Crippen LogP contribution in [0.1, 0.15) is 16.7 Å². The Labute approximate surface area is 158 Å². The third-order valence-corrected chi connectivity index (χ3v) is 5.01. The van der Waals surface area contributed by atoms with Crippen molar-refractivity contribution in [3.63, 3.8) is 0 Å². The number of benzene rings is 2. The van der Waals surface area contributed by atoms with Gasteiger partial charge in [-0.15, -0.1) is 0 Å². The van der Waals surface area contributed by atoms with Crippen molar-refractivity contribution in [2.24, 2.45) is 12.8 Å². The fourth-order valence-electron chi connectivity index (χ4n) is 3.84. The number of amides is 1. The van der Waals surface area contributed by atoms with Crippen LogP contribution in [0.15, 0.2) is 48.8 Å². The molecule has 5 nitrogen and oxygen atoms in total. The number of carbonyl (C=O) groups excluding carboxylic acids is 1. The van der Waals surface area contributed by atoms with Crippen molar-refractivity contribution >= 4 is 5.91 Å². The molecule has 0 spiro atoms. The van der Waals surface area contributed by atoms with E-state index in [1.165, 1.54) is 35.1 Å². The van der Waals surface area contributed by atoms with Gasteiger partial charge in [0.15, 0.2) is 0 Å². The molecule has 1 aliphatic rings. The van der Waals surface area contributed by atoms with E-state index in [0.29, 0.717) is 16.7 Å². The summed E-state index contributed by atoms with van der Waals surface area (Å²) < 4.78 is 43.7. The Balaban J connectivity index is 2.08. The molecule has 1 aromatic heterocycles. The van der Waals surface area contributed by atoms with Crippen molar-refractivity contribution in [1.82, 2.24) is 9.78 Å². The van der Waals surface area contributed by atoms with Crippen LogP contribution in [0.3, 0.4) is 0 Å². The Morgan fingerprint density at radius 3 is 2.54 bits per heavy atom. The Morgan fingerprint density at radius 1 is 1.21 bits per heavy atom. The molecule has 1 heterocycles. The van der Waals surface area contributed by atoms with Gasteiger partial charge in [0.1, 0.15) is 0 Å². The third-order valence-electron chi connectivity index (χ3n) is 5.01. The predicted molar refractivity (Wildman–Crippen MR) is 96.0 cm³/mol. The summed E-state index contributed by atoms with van der Waals surface area (Å²) in [5.74, 6) is -0.675. The number of aryl methyl sites for hydroxylation is 1. The maximum Gasteiger partial charge on any atom is 0.425 e. The van der Waals surface area contributed by atoms with E-state index < -0.39 is 17.7 Å². The highest BCUT2D eigenvalue weighted by Crippen LogP contribution is 2.56. The molecule has 8 heteroatoms. The molecule has 2 aromatic carbocycles. The lowest BCUT2D eigenvalue weighted by Crippen LogP contribution is -2.41. The van der Waals surface area contributed by atoms with Crippen LogP contribution in [0.5, 0.6) is 0 Å². The first kappa shape index (κ1) is 18.2. The number of nitrogens with two attached hydrogens (primary N) is 1. The van der Waals surface area contributed by atoms with Gasteiger partial charge in [-0.2, -0.15) is 18.3 Å². The standard InChI is InChI=1S/C20H16F3N3O2/c1-26-10-13(9-25-26)11-6-12(8-17(24)27)18-14-4-2-3-5-15(14)19(28,16(18)7-11)20(21,22)23/h2-7,9-10,28H,8H2,1H3,(H2,24,27). The predicted octanol–water partition coefficient (Wildman–Crippen LogP) is 2.89. The van der Waals surface area contributed by atoms with Crippen LogP contribution in [0, 0.1) is 0 Å². The number of primary amides is 1. The van der Waals surface area contributed by atoms with Gasteiger partial charge in [0.2, 0.25) is 11.5 Å². The Hall–Kier alpha value is -3.13. The van der Waals surface area contributed by atoms with E-state index in [-0.39, 0.29) is 28.7 Å². The number of hydrogen-bond donors (Lipinski definition) is 2. The smallest absolute Gasteiger partial charge is 0.372 e. The van der Waals surface area contributed by atoms with Crippen molar-refractivity contribution in [2.75, 3.05) is 0 Å². The van der Waals surface area contributed by atoms with Crippen LogP contribution < -0.4 is 5.73 Å². The minimum Gasteiger partial charge on any atom is -0.372 e. The van der Waals surface area contributed by atoms with Gasteiger partial charge in [0.25, 0.3) is 0 Å². The minimum absolute atomic E-state index is 0.196. The number of carbonyl (C=O) groups is 1. The number of fused-ring (bicyclic) bond motifs is 3. The first-order valence-corrected chi connectivity index (χ1v) is 8.46. The Morgan fingerprint density at radius 2 is 1.93 bits per heavy atom. The molecule has 0 bridgehead atoms. The van der Waals surface area contributed by atoms with Gasteiger partial charge in [-0.25, -0.2) is 0 Å². The minimum atomic E-state index is -4.95. The number of rotatable bonds is 3. The highest BCUT2D eigenvalue weighted by Gasteiger charge is 2.61. The van der Waals surface area contributed by atoms with Crippen molar-refractivity contribution in [3.8, 4) is 22.3 Å². The van der Waals surface area contributed by atoms with Crippen molar-refractivity contribution in [2.45, 2.75) is 18.2 Å². The van der Waals surface area contributed by atoms with E-state index in [1.807, 2.05) is 0 Å². The van der Waals surface area contributed by atoms with E-state index in [2.05, 4.69) is 5.10 Å². The second kappa shape index (κ2) is 5.93. The SMILES string of the molecule is Cn1cc(-c2cc(CC(N)=O)c3c(c2)C(O)(C(F)(F)F)c2ccccc2-3)cn1. The first-order valence-electron chi connectivity index (χ1n) is 8.46. The molecular formula is C20H16F3N3O2. The zero-order valence-corrected chi connectivity index (χ0v) is 14.8. The molecule has 28 heavy (non-hydrogen) atoms. The lowest BCUT2D eigenvalue weighted by molar-refractivity contribution is -0.246. The molecule has 0 radical (unpaired) electrons. The zero-order chi connectivity index (χ0) is 20.3. The van der Waals surface area contributed by atoms with Gasteiger partial charge in [-0.1, -0.05) is 24.3 Å². The van der Waals surface area contributed by atoms with E-state index >= 15 is 0 Å². The summed E-state index contributed by atoms with van der Waals surface area (Å²) in [5.41, 5.74) is 3.35. The van der Waals surface area contributed by atoms with Crippen molar-refractivity contribution in [3.05, 3.63) is 65.5 Å². The van der Waals surface area contributed by atoms with Gasteiger partial charge < -0.3 is 10.8 Å². The lowest BCUT2D eigenvalue weighted by Gasteiger charge is -2.28. The topological polar surface area (TPSA) is 81.1 Å². The second-order valence-electron chi connectivity index (χ2n) is 6.86. The number of aromatic nitrogens is 2. The van der Waals surface area contributed by atoms with E-state index in [1.54, 1.807) is 25.4 Å². The van der Waals surface area contributed by atoms with Gasteiger partial charge >= 0.3 is 6.18 Å². The molecule has 1 amide bonds. The number of nitrogens with zero attached hydrogens (tertiary/aromatic N) is 2. The molecule has 0 aliphatic heterocycles. The van der Waals surface area contributed by atoms with Crippen LogP contribution in [-0.4, -0.2) is 27.0 Å². The zero-order valence-electron chi connectivity index (χ0n) is 14.8. The maximum atomic E-state index is 14.1. The Kier molecular flexibility index (Phi) is 3.87. The summed E-state index contributed by atoms with van der Waals surface area (Å²) in [6.07, 6.45) is -2.06. The molecule has 3 N–H and O–H groups in total. The molecule has 1 aliphatic carbocycles. The fourth-order valence-corrected chi connectivity index (χ4v) is 3.84. The lowest BCUT2D eigenvalue weighted by atomic mass is 9.87. The van der Waals surface area contributed by atoms with Crippen LogP contribution >= 0.6 is 0 Å². The normalized spacial score (nSPS) is 18.0. The Bertz CT molecular complexity index is 1100. The maximum absolute atomic E-state index is 14.1. The summed E-state index contributed by atoms with van der Waals surface area (Å²) in [6.45, 7) is 0. The largest absolute Gasteiger partial charge is 0.425 e. The number of alkyl halides is 3. The van der Waals surface area contributed by atoms with E-state index in [4.69, 9.17) is 5.73 Å². The molecule has 0 saturated carbocycles. The average molecular weight is 387 g/mol. The molecular weight excluding hydrogens is 371 g/mol. The quantitative estimate of drug-likeness (QED) is 0.725. The summed E-state index contributed by atoms with van der Waals surface area (Å²) >= 11 is 0. The van der Waals surface area contributed by atoms with Crippen molar-refractivity contribution in [1.29, 1.82) is 0 Å². The second-order valence-corrected chi connectivity index (χ2v) is 6.86. The fraction of sp³-hybridized carbons (Fsp3) is 0.200. The summed E-state index contributed by atoms with van der Waals surface area (Å²) in [4.78, 5) is 11.6. The molecule has 0 fully saturated rings. The van der Waals surface area contributed by atoms with E-state index in [9.17, 15) is 23.1 Å². The van der Waals surface area contributed by atoms with Crippen LogP contribution in [-0.2, 0) is 23.9 Å². The molecule has 1 unspecified atom stereocenters. The third kappa shape index (κ3) is 2.52. The monoisotopic (exact) mass is 387 g/mol. The molecule has 4 rings (SSSR count). The molecule has 0 saturated heterocycles. The van der Waals surface area contributed by atoms with E-state index in [0.717, 1.165) is 0 Å².